The molecule has 5 atom stereocenters. The van der Waals surface area contributed by atoms with E-state index in [-0.39, 0.29) is 16.6 Å². The number of rotatable bonds is 1. The topological polar surface area (TPSA) is 34.1 Å². The number of hydrogen-bond acceptors (Lipinski definition) is 2. The Morgan fingerprint density at radius 3 is 2.78 bits per heavy atom. The van der Waals surface area contributed by atoms with E-state index in [1.165, 1.54) is 0 Å². The minimum Gasteiger partial charge on any atom is -0.299 e. The Kier molecular flexibility index (Phi) is 3.14. The van der Waals surface area contributed by atoms with Gasteiger partial charge in [-0.3, -0.25) is 9.59 Å². The van der Waals surface area contributed by atoms with Gasteiger partial charge in [0.05, 0.1) is 0 Å². The molecule has 0 heterocycles. The normalized spacial score (nSPS) is 45.4. The molecule has 23 heavy (non-hydrogen) atoms. The Morgan fingerprint density at radius 1 is 1.26 bits per heavy atom. The molecule has 0 amide bonds. The number of allylic oxidation sites excluding steroid dienone is 5. The van der Waals surface area contributed by atoms with E-state index < -0.39 is 0 Å². The van der Waals surface area contributed by atoms with Crippen molar-refractivity contribution in [3.8, 4) is 0 Å². The highest BCUT2D eigenvalue weighted by molar-refractivity contribution is 6.02. The fraction of sp³-hybridized carbons (Fsp3) is 0.619. The van der Waals surface area contributed by atoms with E-state index in [1.54, 1.807) is 12.2 Å². The number of Topliss-reactive ketones (excluding diaryl/α,β-unsaturated/α-hetero) is 1. The van der Waals surface area contributed by atoms with Gasteiger partial charge in [-0.1, -0.05) is 32.1 Å². The molecule has 0 aromatic heterocycles. The van der Waals surface area contributed by atoms with E-state index in [2.05, 4.69) is 26.5 Å². The van der Waals surface area contributed by atoms with Gasteiger partial charge >= 0.3 is 0 Å². The predicted molar refractivity (Wildman–Crippen MR) is 90.8 cm³/mol. The summed E-state index contributed by atoms with van der Waals surface area (Å²) in [4.78, 5) is 24.5. The van der Waals surface area contributed by atoms with Crippen LogP contribution in [0.3, 0.4) is 0 Å². The van der Waals surface area contributed by atoms with Gasteiger partial charge in [-0.2, -0.15) is 0 Å². The van der Waals surface area contributed by atoms with Crippen molar-refractivity contribution in [2.45, 2.75) is 52.4 Å². The summed E-state index contributed by atoms with van der Waals surface area (Å²) in [7, 11) is 0. The van der Waals surface area contributed by atoms with Crippen LogP contribution >= 0.6 is 0 Å². The maximum atomic E-state index is 12.6. The first-order valence-corrected chi connectivity index (χ1v) is 9.09. The summed E-state index contributed by atoms with van der Waals surface area (Å²) in [6.45, 7) is 8.78. The van der Waals surface area contributed by atoms with Gasteiger partial charge in [0.15, 0.2) is 5.78 Å². The molecule has 2 heteroatoms. The standard InChI is InChI=1S/C21H26O2/c1-4-21-10-8-16-15(17(21)5-6-19(21)23)11-13(2)18-12-14(22)7-9-20(16,18)3/h7,9,12,15-17H,2,4-6,8,10-11H2,1,3H3/t15-,16+,17+,20-,21+/m1/s1. The quantitative estimate of drug-likeness (QED) is 0.718. The zero-order chi connectivity index (χ0) is 16.4. The van der Waals surface area contributed by atoms with Crippen molar-refractivity contribution in [3.05, 3.63) is 36.0 Å². The van der Waals surface area contributed by atoms with Crippen molar-refractivity contribution < 1.29 is 9.59 Å². The summed E-state index contributed by atoms with van der Waals surface area (Å²) >= 11 is 0. The van der Waals surface area contributed by atoms with E-state index in [0.717, 1.165) is 49.7 Å². The minimum absolute atomic E-state index is 0.0623. The zero-order valence-electron chi connectivity index (χ0n) is 14.2. The lowest BCUT2D eigenvalue weighted by Crippen LogP contribution is -2.50. The lowest BCUT2D eigenvalue weighted by Gasteiger charge is -2.56. The molecule has 0 bridgehead atoms. The second-order valence-corrected chi connectivity index (χ2v) is 8.27. The summed E-state index contributed by atoms with van der Waals surface area (Å²) in [5, 5.41) is 0. The van der Waals surface area contributed by atoms with Crippen molar-refractivity contribution in [1.82, 2.24) is 0 Å². The Bertz CT molecular complexity index is 667. The van der Waals surface area contributed by atoms with Crippen molar-refractivity contribution in [2.24, 2.45) is 28.6 Å². The van der Waals surface area contributed by atoms with Crippen LogP contribution in [0.2, 0.25) is 0 Å². The molecule has 0 aromatic rings. The molecule has 122 valence electrons. The largest absolute Gasteiger partial charge is 0.299 e. The van der Waals surface area contributed by atoms with Gasteiger partial charge in [0.25, 0.3) is 0 Å². The number of carbonyl (C=O) groups excluding carboxylic acids is 2. The summed E-state index contributed by atoms with van der Waals surface area (Å²) in [5.41, 5.74) is 2.14. The third-order valence-electron chi connectivity index (χ3n) is 7.61. The van der Waals surface area contributed by atoms with Crippen LogP contribution in [0.25, 0.3) is 0 Å². The van der Waals surface area contributed by atoms with E-state index in [0.29, 0.717) is 23.5 Å². The van der Waals surface area contributed by atoms with E-state index in [9.17, 15) is 9.59 Å². The van der Waals surface area contributed by atoms with Crippen molar-refractivity contribution in [2.75, 3.05) is 0 Å². The number of ketones is 2. The average molecular weight is 310 g/mol. The van der Waals surface area contributed by atoms with E-state index in [4.69, 9.17) is 0 Å². The second kappa shape index (κ2) is 4.78. The average Bonchev–Trinajstić information content (AvgIpc) is 2.87. The van der Waals surface area contributed by atoms with Crippen molar-refractivity contribution >= 4 is 11.6 Å². The maximum absolute atomic E-state index is 12.6. The first-order chi connectivity index (χ1) is 10.9. The van der Waals surface area contributed by atoms with Gasteiger partial charge in [0, 0.05) is 17.3 Å². The van der Waals surface area contributed by atoms with Crippen LogP contribution in [0.1, 0.15) is 52.4 Å². The number of fused-ring (bicyclic) bond motifs is 5. The fourth-order valence-electron chi connectivity index (χ4n) is 6.43. The van der Waals surface area contributed by atoms with Gasteiger partial charge in [-0.25, -0.2) is 0 Å². The molecule has 3 fully saturated rings. The number of hydrogen-bond donors (Lipinski definition) is 0. The molecule has 4 aliphatic rings. The zero-order valence-corrected chi connectivity index (χ0v) is 14.2. The van der Waals surface area contributed by atoms with Crippen LogP contribution in [-0.2, 0) is 9.59 Å². The predicted octanol–water partition coefficient (Wildman–Crippen LogP) is 4.42. The van der Waals surface area contributed by atoms with Gasteiger partial charge in [-0.05, 0) is 67.6 Å². The molecule has 2 nitrogen and oxygen atoms in total. The molecule has 4 rings (SSSR count). The summed E-state index contributed by atoms with van der Waals surface area (Å²) in [6, 6.07) is 0. The third-order valence-corrected chi connectivity index (χ3v) is 7.61. The van der Waals surface area contributed by atoms with Crippen molar-refractivity contribution in [1.29, 1.82) is 0 Å². The molecule has 0 saturated heterocycles. The van der Waals surface area contributed by atoms with E-state index >= 15 is 0 Å². The first kappa shape index (κ1) is 15.1. The Morgan fingerprint density at radius 2 is 2.04 bits per heavy atom. The molecule has 0 aromatic carbocycles. The van der Waals surface area contributed by atoms with Crippen LogP contribution in [0.4, 0.5) is 0 Å². The maximum Gasteiger partial charge on any atom is 0.178 e. The molecule has 3 saturated carbocycles. The monoisotopic (exact) mass is 310 g/mol. The van der Waals surface area contributed by atoms with Crippen LogP contribution in [0, 0.1) is 28.6 Å². The molecule has 0 aliphatic heterocycles. The Balaban J connectivity index is 1.77. The van der Waals surface area contributed by atoms with Crippen LogP contribution in [0.15, 0.2) is 36.0 Å². The van der Waals surface area contributed by atoms with Gasteiger partial charge in [-0.15, -0.1) is 0 Å². The van der Waals surface area contributed by atoms with Gasteiger partial charge in [0.1, 0.15) is 5.78 Å². The van der Waals surface area contributed by atoms with Crippen LogP contribution in [0.5, 0.6) is 0 Å². The van der Waals surface area contributed by atoms with Crippen LogP contribution < -0.4 is 0 Å². The lowest BCUT2D eigenvalue weighted by molar-refractivity contribution is -0.133. The summed E-state index contributed by atoms with van der Waals surface area (Å²) in [5.74, 6) is 2.20. The molecular formula is C21H26O2. The first-order valence-electron chi connectivity index (χ1n) is 9.09. The molecular weight excluding hydrogens is 284 g/mol. The van der Waals surface area contributed by atoms with Crippen LogP contribution in [-0.4, -0.2) is 11.6 Å². The highest BCUT2D eigenvalue weighted by Crippen LogP contribution is 2.65. The molecule has 4 aliphatic carbocycles. The highest BCUT2D eigenvalue weighted by Gasteiger charge is 2.60. The van der Waals surface area contributed by atoms with Gasteiger partial charge < -0.3 is 0 Å². The Labute approximate surface area is 138 Å². The molecule has 0 N–H and O–H groups in total. The lowest BCUT2D eigenvalue weighted by atomic mass is 9.47. The highest BCUT2D eigenvalue weighted by atomic mass is 16.1. The van der Waals surface area contributed by atoms with Gasteiger partial charge in [0.2, 0.25) is 0 Å². The fourth-order valence-corrected chi connectivity index (χ4v) is 6.43. The second-order valence-electron chi connectivity index (χ2n) is 8.27. The van der Waals surface area contributed by atoms with Crippen molar-refractivity contribution in [3.63, 3.8) is 0 Å². The SMILES string of the molecule is C=C1C[C@H]2[C@@H]3CCC(=O)[C@@]3(CC)CC[C@@H]2[C@@]2(C)C=CC(=O)C=C12. The molecule has 0 spiro atoms. The number of carbonyl (C=O) groups is 2. The smallest absolute Gasteiger partial charge is 0.178 e. The Hall–Kier alpha value is -1.44. The third kappa shape index (κ3) is 1.81. The molecule has 0 unspecified atom stereocenters. The summed E-state index contributed by atoms with van der Waals surface area (Å²) < 4.78 is 0. The summed E-state index contributed by atoms with van der Waals surface area (Å²) in [6.07, 6.45) is 11.6. The van der Waals surface area contributed by atoms with E-state index in [1.807, 2.05) is 0 Å². The molecule has 0 radical (unpaired) electrons. The minimum atomic E-state index is -0.0700.